The third-order valence-electron chi connectivity index (χ3n) is 4.70. The number of anilines is 2. The van der Waals surface area contributed by atoms with Gasteiger partial charge in [0.2, 0.25) is 0 Å². The van der Waals surface area contributed by atoms with Crippen molar-refractivity contribution in [2.75, 3.05) is 23.7 Å². The van der Waals surface area contributed by atoms with Crippen molar-refractivity contribution >= 4 is 27.3 Å². The molecule has 104 valence electrons. The van der Waals surface area contributed by atoms with Gasteiger partial charge in [0, 0.05) is 19.2 Å². The van der Waals surface area contributed by atoms with Gasteiger partial charge >= 0.3 is 0 Å². The molecule has 2 atom stereocenters. The third kappa shape index (κ3) is 2.60. The number of hydrogen-bond acceptors (Lipinski definition) is 2. The summed E-state index contributed by atoms with van der Waals surface area (Å²) >= 11 is 3.19. The monoisotopic (exact) mass is 326 g/mol. The second kappa shape index (κ2) is 5.31. The molecule has 1 saturated carbocycles. The van der Waals surface area contributed by atoms with Gasteiger partial charge in [0.25, 0.3) is 0 Å². The Hall–Kier alpha value is -0.770. The van der Waals surface area contributed by atoms with Crippen LogP contribution in [0.5, 0.6) is 0 Å². The summed E-state index contributed by atoms with van der Waals surface area (Å²) in [7, 11) is 0. The molecule has 4 heteroatoms. The zero-order chi connectivity index (χ0) is 13.4. The molecule has 1 heterocycles. The van der Waals surface area contributed by atoms with Gasteiger partial charge in [-0.25, -0.2) is 4.39 Å². The van der Waals surface area contributed by atoms with Crippen molar-refractivity contribution in [3.05, 3.63) is 22.4 Å². The van der Waals surface area contributed by atoms with E-state index in [1.54, 1.807) is 12.1 Å². The predicted molar refractivity (Wildman–Crippen MR) is 80.8 cm³/mol. The van der Waals surface area contributed by atoms with Gasteiger partial charge in [-0.2, -0.15) is 0 Å². The molecule has 3 rings (SSSR count). The number of nitrogen functional groups attached to an aromatic ring is 1. The molecule has 0 bridgehead atoms. The maximum absolute atomic E-state index is 13.7. The Morgan fingerprint density at radius 3 is 2.68 bits per heavy atom. The van der Waals surface area contributed by atoms with E-state index in [-0.39, 0.29) is 5.82 Å². The van der Waals surface area contributed by atoms with Crippen molar-refractivity contribution in [3.8, 4) is 0 Å². The van der Waals surface area contributed by atoms with Gasteiger partial charge in [-0.1, -0.05) is 19.3 Å². The largest absolute Gasteiger partial charge is 0.397 e. The van der Waals surface area contributed by atoms with E-state index in [1.807, 2.05) is 0 Å². The quantitative estimate of drug-likeness (QED) is 0.784. The molecule has 1 aromatic rings. The van der Waals surface area contributed by atoms with Crippen molar-refractivity contribution in [2.24, 2.45) is 11.8 Å². The molecule has 1 aliphatic carbocycles. The van der Waals surface area contributed by atoms with Gasteiger partial charge in [0.15, 0.2) is 0 Å². The van der Waals surface area contributed by atoms with Crippen molar-refractivity contribution in [1.29, 1.82) is 0 Å². The van der Waals surface area contributed by atoms with Crippen LogP contribution in [0.4, 0.5) is 15.8 Å². The summed E-state index contributed by atoms with van der Waals surface area (Å²) in [6.45, 7) is 2.04. The van der Waals surface area contributed by atoms with E-state index >= 15 is 0 Å². The van der Waals surface area contributed by atoms with Crippen LogP contribution in [0.2, 0.25) is 0 Å². The number of nitrogens with zero attached hydrogens (tertiary/aromatic N) is 1. The van der Waals surface area contributed by atoms with Crippen LogP contribution in [0.25, 0.3) is 0 Å². The van der Waals surface area contributed by atoms with Crippen LogP contribution in [-0.2, 0) is 0 Å². The van der Waals surface area contributed by atoms with Gasteiger partial charge < -0.3 is 10.6 Å². The third-order valence-corrected chi connectivity index (χ3v) is 5.31. The molecule has 2 fully saturated rings. The molecule has 2 unspecified atom stereocenters. The second-order valence-electron chi connectivity index (χ2n) is 5.86. The van der Waals surface area contributed by atoms with Crippen LogP contribution in [0.1, 0.15) is 32.1 Å². The molecular weight excluding hydrogens is 307 g/mol. The maximum atomic E-state index is 13.7. The highest BCUT2D eigenvalue weighted by molar-refractivity contribution is 9.10. The fourth-order valence-corrected chi connectivity index (χ4v) is 4.01. The SMILES string of the molecule is Nc1cc(Br)c(F)cc1N1CCC2CCCCC2C1. The molecule has 0 amide bonds. The van der Waals surface area contributed by atoms with Gasteiger partial charge in [-0.3, -0.25) is 0 Å². The van der Waals surface area contributed by atoms with Gasteiger partial charge in [0.1, 0.15) is 5.82 Å². The lowest BCUT2D eigenvalue weighted by Gasteiger charge is -2.42. The molecule has 0 radical (unpaired) electrons. The Morgan fingerprint density at radius 2 is 1.89 bits per heavy atom. The number of rotatable bonds is 1. The van der Waals surface area contributed by atoms with Gasteiger partial charge in [-0.15, -0.1) is 0 Å². The van der Waals surface area contributed by atoms with Crippen LogP contribution in [0, 0.1) is 17.7 Å². The summed E-state index contributed by atoms with van der Waals surface area (Å²) in [5.41, 5.74) is 7.59. The van der Waals surface area contributed by atoms with Crippen LogP contribution >= 0.6 is 15.9 Å². The lowest BCUT2D eigenvalue weighted by atomic mass is 9.75. The first kappa shape index (κ1) is 13.2. The maximum Gasteiger partial charge on any atom is 0.139 e. The minimum atomic E-state index is -0.227. The average molecular weight is 327 g/mol. The van der Waals surface area contributed by atoms with Crippen molar-refractivity contribution in [2.45, 2.75) is 32.1 Å². The smallest absolute Gasteiger partial charge is 0.139 e. The number of benzene rings is 1. The minimum absolute atomic E-state index is 0.227. The normalized spacial score (nSPS) is 27.2. The zero-order valence-electron chi connectivity index (χ0n) is 11.0. The topological polar surface area (TPSA) is 29.3 Å². The molecule has 1 aliphatic heterocycles. The minimum Gasteiger partial charge on any atom is -0.397 e. The Bertz CT molecular complexity index is 477. The summed E-state index contributed by atoms with van der Waals surface area (Å²) in [5.74, 6) is 1.43. The van der Waals surface area contributed by atoms with Crippen LogP contribution in [0.3, 0.4) is 0 Å². The summed E-state index contributed by atoms with van der Waals surface area (Å²) in [5, 5.41) is 0. The Balaban J connectivity index is 1.81. The number of nitrogens with two attached hydrogens (primary N) is 1. The highest BCUT2D eigenvalue weighted by atomic mass is 79.9. The Labute approximate surface area is 122 Å². The molecular formula is C15H20BrFN2. The zero-order valence-corrected chi connectivity index (χ0v) is 12.6. The van der Waals surface area contributed by atoms with Crippen molar-refractivity contribution in [3.63, 3.8) is 0 Å². The fraction of sp³-hybridized carbons (Fsp3) is 0.600. The van der Waals surface area contributed by atoms with E-state index in [2.05, 4.69) is 20.8 Å². The standard InChI is InChI=1S/C15H20BrFN2/c16-12-7-14(18)15(8-13(12)17)19-6-5-10-3-1-2-4-11(10)9-19/h7-8,10-11H,1-6,9,18H2. The van der Waals surface area contributed by atoms with Crippen molar-refractivity contribution < 1.29 is 4.39 Å². The molecule has 2 nitrogen and oxygen atoms in total. The molecule has 0 aromatic heterocycles. The van der Waals surface area contributed by atoms with Gasteiger partial charge in [-0.05, 0) is 46.7 Å². The predicted octanol–water partition coefficient (Wildman–Crippen LogP) is 4.19. The van der Waals surface area contributed by atoms with Gasteiger partial charge in [0.05, 0.1) is 15.8 Å². The fourth-order valence-electron chi connectivity index (χ4n) is 3.65. The lowest BCUT2D eigenvalue weighted by molar-refractivity contribution is 0.202. The molecule has 1 saturated heterocycles. The molecule has 1 aromatic carbocycles. The number of fused-ring (bicyclic) bond motifs is 1. The van der Waals surface area contributed by atoms with Crippen LogP contribution in [0.15, 0.2) is 16.6 Å². The summed E-state index contributed by atoms with van der Waals surface area (Å²) in [6.07, 6.45) is 6.65. The summed E-state index contributed by atoms with van der Waals surface area (Å²) < 4.78 is 14.2. The average Bonchev–Trinajstić information content (AvgIpc) is 2.42. The first-order valence-electron chi connectivity index (χ1n) is 7.14. The molecule has 2 N–H and O–H groups in total. The number of halogens is 2. The number of piperidine rings is 1. The summed E-state index contributed by atoms with van der Waals surface area (Å²) in [6, 6.07) is 3.25. The molecule has 19 heavy (non-hydrogen) atoms. The highest BCUT2D eigenvalue weighted by Crippen LogP contribution is 2.39. The highest BCUT2D eigenvalue weighted by Gasteiger charge is 2.31. The Kier molecular flexibility index (Phi) is 3.70. The lowest BCUT2D eigenvalue weighted by Crippen LogP contribution is -2.42. The Morgan fingerprint density at radius 1 is 1.16 bits per heavy atom. The first-order valence-corrected chi connectivity index (χ1v) is 7.94. The van der Waals surface area contributed by atoms with E-state index in [9.17, 15) is 4.39 Å². The summed E-state index contributed by atoms with van der Waals surface area (Å²) in [4.78, 5) is 2.28. The van der Waals surface area contributed by atoms with E-state index in [1.165, 1.54) is 32.1 Å². The second-order valence-corrected chi connectivity index (χ2v) is 6.72. The van der Waals surface area contributed by atoms with Crippen LogP contribution in [-0.4, -0.2) is 13.1 Å². The van der Waals surface area contributed by atoms with Crippen LogP contribution < -0.4 is 10.6 Å². The van der Waals surface area contributed by atoms with E-state index in [0.717, 1.165) is 30.6 Å². The first-order chi connectivity index (χ1) is 9.15. The van der Waals surface area contributed by atoms with Crippen molar-refractivity contribution in [1.82, 2.24) is 0 Å². The van der Waals surface area contributed by atoms with E-state index in [0.29, 0.717) is 10.2 Å². The molecule has 2 aliphatic rings. The van der Waals surface area contributed by atoms with E-state index in [4.69, 9.17) is 5.73 Å². The van der Waals surface area contributed by atoms with E-state index < -0.39 is 0 Å². The molecule has 0 spiro atoms. The number of hydrogen-bond donors (Lipinski definition) is 1.